The molecular weight excluding hydrogens is 384 g/mol. The highest BCUT2D eigenvalue weighted by molar-refractivity contribution is 7.86. The fourth-order valence-electron chi connectivity index (χ4n) is 2.39. The van der Waals surface area contributed by atoms with Crippen LogP contribution in [0.4, 0.5) is 0 Å². The van der Waals surface area contributed by atoms with Crippen LogP contribution in [0.1, 0.15) is 12.5 Å². The molecule has 0 radical (unpaired) electrons. The molecule has 0 aliphatic carbocycles. The van der Waals surface area contributed by atoms with Crippen LogP contribution in [0, 0.1) is 0 Å². The molecule has 0 amide bonds. The monoisotopic (exact) mass is 400 g/mol. The second kappa shape index (κ2) is 6.88. The predicted octanol–water partition coefficient (Wildman–Crippen LogP) is 2.00. The molecule has 0 fully saturated rings. The summed E-state index contributed by atoms with van der Waals surface area (Å²) in [7, 11) is -8.73. The number of benzene rings is 2. The lowest BCUT2D eigenvalue weighted by Gasteiger charge is -2.26. The summed E-state index contributed by atoms with van der Waals surface area (Å²) >= 11 is 0. The van der Waals surface area contributed by atoms with Crippen LogP contribution in [0.3, 0.4) is 0 Å². The van der Waals surface area contributed by atoms with Crippen molar-refractivity contribution < 1.29 is 35.0 Å². The summed E-state index contributed by atoms with van der Waals surface area (Å²) in [6, 6.07) is 10.1. The van der Waals surface area contributed by atoms with E-state index in [1.54, 1.807) is 12.1 Å². The largest absolute Gasteiger partial charge is 0.483 e. The van der Waals surface area contributed by atoms with Crippen molar-refractivity contribution in [2.75, 3.05) is 6.61 Å². The molecule has 1 aliphatic heterocycles. The molecule has 1 aliphatic rings. The van der Waals surface area contributed by atoms with Crippen molar-refractivity contribution in [3.8, 4) is 11.5 Å². The van der Waals surface area contributed by atoms with Gasteiger partial charge in [-0.2, -0.15) is 16.8 Å². The van der Waals surface area contributed by atoms with E-state index in [0.717, 1.165) is 18.1 Å². The van der Waals surface area contributed by atoms with Crippen LogP contribution in [0.25, 0.3) is 0 Å². The van der Waals surface area contributed by atoms with E-state index in [4.69, 9.17) is 13.7 Å². The minimum Gasteiger partial charge on any atom is -0.483 e. The van der Waals surface area contributed by atoms with Gasteiger partial charge in [-0.1, -0.05) is 25.1 Å². The van der Waals surface area contributed by atoms with Gasteiger partial charge in [-0.05, 0) is 36.2 Å². The van der Waals surface area contributed by atoms with E-state index in [1.165, 1.54) is 24.3 Å². The Morgan fingerprint density at radius 2 is 1.81 bits per heavy atom. The molecule has 0 saturated heterocycles. The van der Waals surface area contributed by atoms with E-state index < -0.39 is 31.4 Å². The Morgan fingerprint density at radius 3 is 2.42 bits per heavy atom. The van der Waals surface area contributed by atoms with Gasteiger partial charge in [0.05, 0.1) is 4.90 Å². The second-order valence-corrected chi connectivity index (χ2v) is 8.43. The van der Waals surface area contributed by atoms with Crippen molar-refractivity contribution >= 4 is 20.2 Å². The molecule has 2 aromatic rings. The summed E-state index contributed by atoms with van der Waals surface area (Å²) in [6.07, 6.45) is -0.642. The summed E-state index contributed by atoms with van der Waals surface area (Å²) in [5, 5.41) is 0. The smallest absolute Gasteiger partial charge is 0.300 e. The van der Waals surface area contributed by atoms with Crippen LogP contribution in [0.15, 0.2) is 52.3 Å². The first-order valence-corrected chi connectivity index (χ1v) is 10.5. The molecule has 8 nitrogen and oxygen atoms in total. The first kappa shape index (κ1) is 18.6. The molecule has 0 spiro atoms. The van der Waals surface area contributed by atoms with Crippen molar-refractivity contribution in [2.45, 2.75) is 29.4 Å². The molecule has 0 bridgehead atoms. The number of para-hydroxylation sites is 1. The summed E-state index contributed by atoms with van der Waals surface area (Å²) in [4.78, 5) is -0.597. The molecule has 0 aromatic heterocycles. The SMILES string of the molecule is CCc1ccc(S(=O)(=O)OC2COc3cccc(S(=O)(=O)O)c3O2)cc1. The van der Waals surface area contributed by atoms with Crippen molar-refractivity contribution in [1.29, 1.82) is 0 Å². The van der Waals surface area contributed by atoms with Gasteiger partial charge in [0.25, 0.3) is 26.5 Å². The van der Waals surface area contributed by atoms with Crippen LogP contribution in [-0.4, -0.2) is 34.3 Å². The second-order valence-electron chi connectivity index (χ2n) is 5.46. The summed E-state index contributed by atoms with van der Waals surface area (Å²) < 4.78 is 72.5. The highest BCUT2D eigenvalue weighted by atomic mass is 32.2. The molecule has 2 aromatic carbocycles. The van der Waals surface area contributed by atoms with Crippen molar-refractivity contribution in [3.63, 3.8) is 0 Å². The van der Waals surface area contributed by atoms with E-state index in [9.17, 15) is 21.4 Å². The van der Waals surface area contributed by atoms with Gasteiger partial charge in [0.2, 0.25) is 0 Å². The van der Waals surface area contributed by atoms with Gasteiger partial charge in [0.1, 0.15) is 4.90 Å². The quantitative estimate of drug-likeness (QED) is 0.598. The molecule has 1 heterocycles. The van der Waals surface area contributed by atoms with Crippen LogP contribution in [0.2, 0.25) is 0 Å². The van der Waals surface area contributed by atoms with Crippen LogP contribution < -0.4 is 9.47 Å². The van der Waals surface area contributed by atoms with Gasteiger partial charge < -0.3 is 9.47 Å². The van der Waals surface area contributed by atoms with Crippen molar-refractivity contribution in [2.24, 2.45) is 0 Å². The fraction of sp³-hybridized carbons (Fsp3) is 0.250. The van der Waals surface area contributed by atoms with Gasteiger partial charge in [-0.25, -0.2) is 4.18 Å². The fourth-order valence-corrected chi connectivity index (χ4v) is 3.98. The zero-order valence-corrected chi connectivity index (χ0v) is 15.3. The number of hydrogen-bond donors (Lipinski definition) is 1. The van der Waals surface area contributed by atoms with Gasteiger partial charge >= 0.3 is 0 Å². The first-order valence-electron chi connectivity index (χ1n) is 7.63. The summed E-state index contributed by atoms with van der Waals surface area (Å²) in [5.41, 5.74) is 0.966. The molecule has 26 heavy (non-hydrogen) atoms. The van der Waals surface area contributed by atoms with E-state index in [0.29, 0.717) is 0 Å². The maximum atomic E-state index is 12.4. The first-order chi connectivity index (χ1) is 12.2. The Balaban J connectivity index is 1.85. The van der Waals surface area contributed by atoms with Crippen molar-refractivity contribution in [1.82, 2.24) is 0 Å². The number of hydrogen-bond acceptors (Lipinski definition) is 7. The average molecular weight is 400 g/mol. The zero-order chi connectivity index (χ0) is 18.9. The molecular formula is C16H16O8S2. The van der Waals surface area contributed by atoms with E-state index in [-0.39, 0.29) is 23.0 Å². The van der Waals surface area contributed by atoms with Gasteiger partial charge in [-0.15, -0.1) is 0 Å². The van der Waals surface area contributed by atoms with E-state index >= 15 is 0 Å². The molecule has 0 saturated carbocycles. The highest BCUT2D eigenvalue weighted by Gasteiger charge is 2.32. The molecule has 1 N–H and O–H groups in total. The number of fused-ring (bicyclic) bond motifs is 1. The normalized spacial score (nSPS) is 17.1. The Morgan fingerprint density at radius 1 is 1.12 bits per heavy atom. The third kappa shape index (κ3) is 3.83. The van der Waals surface area contributed by atoms with Gasteiger partial charge in [-0.3, -0.25) is 4.55 Å². The standard InChI is InChI=1S/C16H16O8S2/c1-2-11-6-8-12(9-7-11)26(20,21)24-15-10-22-13-4-3-5-14(16(13)23-15)25(17,18)19/h3-9,15H,2,10H2,1H3,(H,17,18,19). The Labute approximate surface area is 151 Å². The Kier molecular flexibility index (Phi) is 4.93. The van der Waals surface area contributed by atoms with Crippen LogP contribution >= 0.6 is 0 Å². The van der Waals surface area contributed by atoms with E-state index in [2.05, 4.69) is 0 Å². The number of rotatable bonds is 5. The maximum absolute atomic E-state index is 12.4. The molecule has 140 valence electrons. The highest BCUT2D eigenvalue weighted by Crippen LogP contribution is 2.38. The third-order valence-corrected chi connectivity index (χ3v) is 5.89. The molecule has 1 unspecified atom stereocenters. The zero-order valence-electron chi connectivity index (χ0n) is 13.7. The van der Waals surface area contributed by atoms with Gasteiger partial charge in [0.15, 0.2) is 18.1 Å². The number of aryl methyl sites for hydroxylation is 1. The van der Waals surface area contributed by atoms with Crippen LogP contribution in [0.5, 0.6) is 11.5 Å². The lowest BCUT2D eigenvalue weighted by molar-refractivity contribution is -0.0461. The molecule has 10 heteroatoms. The predicted molar refractivity (Wildman–Crippen MR) is 90.3 cm³/mol. The third-order valence-electron chi connectivity index (χ3n) is 3.70. The van der Waals surface area contributed by atoms with Gasteiger partial charge in [0, 0.05) is 0 Å². The van der Waals surface area contributed by atoms with Crippen molar-refractivity contribution in [3.05, 3.63) is 48.0 Å². The minimum atomic E-state index is -4.58. The minimum absolute atomic E-state index is 0.0599. The number of ether oxygens (including phenoxy) is 2. The van der Waals surface area contributed by atoms with Crippen LogP contribution in [-0.2, 0) is 30.8 Å². The average Bonchev–Trinajstić information content (AvgIpc) is 2.60. The molecule has 1 atom stereocenters. The Bertz CT molecular complexity index is 1010. The summed E-state index contributed by atoms with van der Waals surface area (Å²) in [5.74, 6) is -0.243. The van der Waals surface area contributed by atoms with E-state index in [1.807, 2.05) is 6.92 Å². The lowest BCUT2D eigenvalue weighted by Crippen LogP contribution is -2.34. The topological polar surface area (TPSA) is 116 Å². The molecule has 3 rings (SSSR count). The Hall–Kier alpha value is -2.14. The lowest BCUT2D eigenvalue weighted by atomic mass is 10.2. The maximum Gasteiger partial charge on any atom is 0.300 e. The summed E-state index contributed by atoms with van der Waals surface area (Å²) in [6.45, 7) is 1.67.